The fraction of sp³-hybridized carbons (Fsp3) is 0.0889. The first-order valence-electron chi connectivity index (χ1n) is 17.3. The van der Waals surface area contributed by atoms with Crippen LogP contribution in [-0.4, -0.2) is 10.4 Å². The van der Waals surface area contributed by atoms with E-state index in [1.165, 1.54) is 21.9 Å². The number of nitrogens with one attached hydrogen (secondary N) is 2. The van der Waals surface area contributed by atoms with E-state index in [4.69, 9.17) is 9.41 Å². The number of hydrogen-bond donors (Lipinski definition) is 2. The van der Waals surface area contributed by atoms with Crippen molar-refractivity contribution >= 4 is 44.7 Å². The molecule has 50 heavy (non-hydrogen) atoms. The van der Waals surface area contributed by atoms with Gasteiger partial charge in [-0.3, -0.25) is 5.32 Å². The molecule has 2 aliphatic rings. The van der Waals surface area contributed by atoms with Gasteiger partial charge in [-0.05, 0) is 64.2 Å². The summed E-state index contributed by atoms with van der Waals surface area (Å²) in [7, 11) is 0. The van der Waals surface area contributed by atoms with Crippen molar-refractivity contribution in [3.63, 3.8) is 0 Å². The molecule has 0 saturated carbocycles. The summed E-state index contributed by atoms with van der Waals surface area (Å²) in [5.41, 5.74) is 10.2. The Morgan fingerprint density at radius 3 is 2.28 bits per heavy atom. The Labute approximate surface area is 290 Å². The van der Waals surface area contributed by atoms with Gasteiger partial charge in [-0.25, -0.2) is 4.99 Å². The summed E-state index contributed by atoms with van der Waals surface area (Å²) in [6.45, 7) is 0. The number of para-hydroxylation sites is 1. The first-order chi connectivity index (χ1) is 24.8. The van der Waals surface area contributed by atoms with Crippen molar-refractivity contribution < 1.29 is 4.42 Å². The van der Waals surface area contributed by atoms with Crippen molar-refractivity contribution in [2.45, 2.75) is 24.7 Å². The summed E-state index contributed by atoms with van der Waals surface area (Å²) in [6, 6.07) is 53.7. The summed E-state index contributed by atoms with van der Waals surface area (Å²) < 4.78 is 9.07. The van der Waals surface area contributed by atoms with E-state index < -0.39 is 0 Å². The van der Waals surface area contributed by atoms with Gasteiger partial charge in [0.25, 0.3) is 0 Å². The number of benzene rings is 6. The Morgan fingerprint density at radius 2 is 1.42 bits per heavy atom. The number of amidine groups is 1. The minimum absolute atomic E-state index is 0.101. The molecule has 3 atom stereocenters. The van der Waals surface area contributed by atoms with Gasteiger partial charge < -0.3 is 14.3 Å². The van der Waals surface area contributed by atoms with E-state index in [0.29, 0.717) is 0 Å². The predicted molar refractivity (Wildman–Crippen MR) is 204 cm³/mol. The largest absolute Gasteiger partial charge is 0.454 e. The molecule has 6 aromatic carbocycles. The highest BCUT2D eigenvalue weighted by molar-refractivity contribution is 6.09. The van der Waals surface area contributed by atoms with E-state index in [-0.39, 0.29) is 18.2 Å². The van der Waals surface area contributed by atoms with Gasteiger partial charge in [0.1, 0.15) is 23.9 Å². The highest BCUT2D eigenvalue weighted by Gasteiger charge is 2.28. The molecular formula is C45H34N4O. The van der Waals surface area contributed by atoms with Crippen LogP contribution in [-0.2, 0) is 6.42 Å². The van der Waals surface area contributed by atoms with Gasteiger partial charge in [-0.15, -0.1) is 0 Å². The average Bonchev–Trinajstić information content (AvgIpc) is 3.72. The molecule has 1 aliphatic heterocycles. The number of furan rings is 1. The first kappa shape index (κ1) is 28.8. The third-order valence-corrected chi connectivity index (χ3v) is 10.2. The molecule has 0 saturated heterocycles. The number of nitrogens with zero attached hydrogens (tertiary/aromatic N) is 2. The molecule has 5 nitrogen and oxygen atoms in total. The lowest BCUT2D eigenvalue weighted by atomic mass is 9.87. The molecular weight excluding hydrogens is 613 g/mol. The monoisotopic (exact) mass is 646 g/mol. The molecule has 0 fully saturated rings. The quantitative estimate of drug-likeness (QED) is 0.196. The van der Waals surface area contributed by atoms with Gasteiger partial charge in [0.2, 0.25) is 0 Å². The van der Waals surface area contributed by atoms with E-state index in [0.717, 1.165) is 62.4 Å². The van der Waals surface area contributed by atoms with Crippen LogP contribution in [0.5, 0.6) is 0 Å². The molecule has 5 heteroatoms. The van der Waals surface area contributed by atoms with E-state index in [9.17, 15) is 0 Å². The first-order valence-corrected chi connectivity index (χ1v) is 17.3. The van der Waals surface area contributed by atoms with Crippen molar-refractivity contribution in [3.05, 3.63) is 191 Å². The maximum Gasteiger partial charge on any atom is 0.161 e. The maximum atomic E-state index is 6.68. The highest BCUT2D eigenvalue weighted by atomic mass is 16.3. The number of allylic oxidation sites excluding steroid dienone is 1. The normalized spacial score (nSPS) is 18.6. The van der Waals surface area contributed by atoms with Gasteiger partial charge in [0, 0.05) is 28.1 Å². The molecule has 0 radical (unpaired) electrons. The Bertz CT molecular complexity index is 2600. The molecule has 3 heterocycles. The fourth-order valence-corrected chi connectivity index (χ4v) is 7.75. The standard InChI is InChI=1S/C45H34N4O/c1-3-13-30(14-4-1)43-46-44(31-15-5-2-6-16-31)48-45(47-43)35-18-11-19-36(27-35)49-39-21-10-9-20-37(39)42-41(49)38-28-34(24-25-40(38)50-42)33-23-22-29-12-7-8-17-32(29)26-33/h1-27,34,43-44,46H,28H2,(H,47,48). The number of fused-ring (bicyclic) bond motifs is 6. The zero-order chi connectivity index (χ0) is 33.0. The van der Waals surface area contributed by atoms with Gasteiger partial charge in [0.15, 0.2) is 5.58 Å². The van der Waals surface area contributed by atoms with Crippen molar-refractivity contribution in [1.82, 2.24) is 15.2 Å². The summed E-state index contributed by atoms with van der Waals surface area (Å²) in [6.07, 6.45) is 5.05. The molecule has 0 spiro atoms. The predicted octanol–water partition coefficient (Wildman–Crippen LogP) is 10.2. The Hall–Kier alpha value is -6.17. The van der Waals surface area contributed by atoms with Crippen LogP contribution >= 0.6 is 0 Å². The highest BCUT2D eigenvalue weighted by Crippen LogP contribution is 2.42. The molecule has 2 N–H and O–H groups in total. The lowest BCUT2D eigenvalue weighted by molar-refractivity contribution is 0.409. The molecule has 0 amide bonds. The van der Waals surface area contributed by atoms with Crippen LogP contribution in [0.3, 0.4) is 0 Å². The third-order valence-electron chi connectivity index (χ3n) is 10.2. The average molecular weight is 647 g/mol. The van der Waals surface area contributed by atoms with Crippen molar-refractivity contribution in [3.8, 4) is 5.69 Å². The Kier molecular flexibility index (Phi) is 6.78. The van der Waals surface area contributed by atoms with Gasteiger partial charge >= 0.3 is 0 Å². The molecule has 10 rings (SSSR count). The van der Waals surface area contributed by atoms with Crippen LogP contribution in [0.2, 0.25) is 0 Å². The van der Waals surface area contributed by atoms with E-state index >= 15 is 0 Å². The van der Waals surface area contributed by atoms with Crippen LogP contribution < -0.4 is 10.6 Å². The van der Waals surface area contributed by atoms with Crippen LogP contribution in [0.15, 0.2) is 167 Å². The van der Waals surface area contributed by atoms with Crippen LogP contribution in [0.25, 0.3) is 44.5 Å². The second-order valence-corrected chi connectivity index (χ2v) is 13.2. The van der Waals surface area contributed by atoms with Crippen LogP contribution in [0.1, 0.15) is 51.8 Å². The zero-order valence-corrected chi connectivity index (χ0v) is 27.3. The SMILES string of the molecule is C1=CC(c2ccc3ccccc3c2)Cc2c1oc1c3ccccc3n(-c3cccc(C4=NC(c5ccccc5)NC(c5ccccc5)N4)c3)c21. The number of hydrogen-bond acceptors (Lipinski definition) is 4. The van der Waals surface area contributed by atoms with Crippen molar-refractivity contribution in [2.24, 2.45) is 4.99 Å². The maximum absolute atomic E-state index is 6.68. The molecule has 2 aromatic heterocycles. The molecule has 240 valence electrons. The molecule has 0 bridgehead atoms. The van der Waals surface area contributed by atoms with Crippen LogP contribution in [0, 0.1) is 0 Å². The minimum atomic E-state index is -0.194. The lowest BCUT2D eigenvalue weighted by Crippen LogP contribution is -2.44. The molecule has 8 aromatic rings. The van der Waals surface area contributed by atoms with Gasteiger partial charge in [-0.2, -0.15) is 0 Å². The van der Waals surface area contributed by atoms with E-state index in [1.807, 2.05) is 6.07 Å². The van der Waals surface area contributed by atoms with Crippen LogP contribution in [0.4, 0.5) is 0 Å². The topological polar surface area (TPSA) is 54.5 Å². The molecule has 3 unspecified atom stereocenters. The van der Waals surface area contributed by atoms with Gasteiger partial charge in [0.05, 0.1) is 11.0 Å². The summed E-state index contributed by atoms with van der Waals surface area (Å²) in [4.78, 5) is 5.23. The number of aliphatic imine (C=N–C) groups is 1. The second-order valence-electron chi connectivity index (χ2n) is 13.2. The summed E-state index contributed by atoms with van der Waals surface area (Å²) >= 11 is 0. The number of rotatable bonds is 5. The number of aromatic nitrogens is 1. The summed E-state index contributed by atoms with van der Waals surface area (Å²) in [5.74, 6) is 2.06. The summed E-state index contributed by atoms with van der Waals surface area (Å²) in [5, 5.41) is 11.1. The smallest absolute Gasteiger partial charge is 0.161 e. The zero-order valence-electron chi connectivity index (χ0n) is 27.3. The lowest BCUT2D eigenvalue weighted by Gasteiger charge is -2.32. The Balaban J connectivity index is 1.09. The van der Waals surface area contributed by atoms with E-state index in [1.54, 1.807) is 0 Å². The van der Waals surface area contributed by atoms with Crippen molar-refractivity contribution in [2.75, 3.05) is 0 Å². The van der Waals surface area contributed by atoms with E-state index in [2.05, 4.69) is 173 Å². The third kappa shape index (κ3) is 4.86. The Morgan fingerprint density at radius 1 is 0.660 bits per heavy atom. The molecule has 1 aliphatic carbocycles. The van der Waals surface area contributed by atoms with Crippen molar-refractivity contribution in [1.29, 1.82) is 0 Å². The minimum Gasteiger partial charge on any atom is -0.454 e. The van der Waals surface area contributed by atoms with Gasteiger partial charge in [-0.1, -0.05) is 133 Å². The second kappa shape index (κ2) is 11.8. The fourth-order valence-electron chi connectivity index (χ4n) is 7.75.